The number of anilines is 1. The van der Waals surface area contributed by atoms with Gasteiger partial charge in [-0.3, -0.25) is 4.90 Å². The quantitative estimate of drug-likeness (QED) is 0.832. The van der Waals surface area contributed by atoms with Gasteiger partial charge in [-0.05, 0) is 25.2 Å². The smallest absolute Gasteiger partial charge is 0.205 e. The molecule has 0 bridgehead atoms. The van der Waals surface area contributed by atoms with Crippen LogP contribution in [0.15, 0.2) is 0 Å². The van der Waals surface area contributed by atoms with Crippen molar-refractivity contribution in [3.8, 4) is 0 Å². The molecule has 1 saturated heterocycles. The number of aromatic nitrogens is 2. The second-order valence-corrected chi connectivity index (χ2v) is 7.01. The fourth-order valence-corrected chi connectivity index (χ4v) is 3.42. The highest BCUT2D eigenvalue weighted by atomic mass is 32.1. The van der Waals surface area contributed by atoms with E-state index in [4.69, 9.17) is 0 Å². The standard InChI is InChI=1S/C14H25N5S/c1-2-5-15-14-17-16-13(20-14)11-19-8-6-18(7-9-19)10-12-3-4-12/h12H,2-11H2,1H3,(H,15,17). The van der Waals surface area contributed by atoms with E-state index in [0.29, 0.717) is 0 Å². The van der Waals surface area contributed by atoms with Crippen molar-refractivity contribution in [3.63, 3.8) is 0 Å². The van der Waals surface area contributed by atoms with Gasteiger partial charge < -0.3 is 10.2 Å². The molecule has 1 aromatic heterocycles. The van der Waals surface area contributed by atoms with E-state index in [1.165, 1.54) is 45.6 Å². The number of hydrogen-bond acceptors (Lipinski definition) is 6. The summed E-state index contributed by atoms with van der Waals surface area (Å²) in [5.41, 5.74) is 0. The summed E-state index contributed by atoms with van der Waals surface area (Å²) in [5, 5.41) is 13.9. The molecule has 0 spiro atoms. The third-order valence-electron chi connectivity index (χ3n) is 4.03. The fourth-order valence-electron chi connectivity index (χ4n) is 2.61. The first kappa shape index (κ1) is 14.2. The Kier molecular flexibility index (Phi) is 4.86. The first-order valence-corrected chi connectivity index (χ1v) is 8.66. The molecule has 0 unspecified atom stereocenters. The van der Waals surface area contributed by atoms with Crippen LogP contribution >= 0.6 is 11.3 Å². The molecule has 2 aliphatic rings. The average Bonchev–Trinajstić information content (AvgIpc) is 3.17. The van der Waals surface area contributed by atoms with Crippen LogP contribution in [-0.4, -0.2) is 59.3 Å². The molecule has 2 fully saturated rings. The van der Waals surface area contributed by atoms with E-state index in [2.05, 4.69) is 32.2 Å². The fraction of sp³-hybridized carbons (Fsp3) is 0.857. The number of nitrogens with one attached hydrogen (secondary N) is 1. The lowest BCUT2D eigenvalue weighted by atomic mass is 10.3. The van der Waals surface area contributed by atoms with E-state index < -0.39 is 0 Å². The van der Waals surface area contributed by atoms with E-state index in [-0.39, 0.29) is 0 Å². The Morgan fingerprint density at radius 3 is 2.60 bits per heavy atom. The van der Waals surface area contributed by atoms with Gasteiger partial charge in [0.2, 0.25) is 5.13 Å². The summed E-state index contributed by atoms with van der Waals surface area (Å²) in [4.78, 5) is 5.13. The van der Waals surface area contributed by atoms with Crippen molar-refractivity contribution in [2.24, 2.45) is 5.92 Å². The third-order valence-corrected chi connectivity index (χ3v) is 4.90. The minimum atomic E-state index is 0.961. The predicted octanol–water partition coefficient (Wildman–Crippen LogP) is 1.89. The van der Waals surface area contributed by atoms with E-state index in [0.717, 1.165) is 35.6 Å². The molecule has 112 valence electrons. The van der Waals surface area contributed by atoms with Crippen LogP contribution in [0.25, 0.3) is 0 Å². The molecule has 0 atom stereocenters. The molecule has 2 heterocycles. The van der Waals surface area contributed by atoms with Gasteiger partial charge in [0.25, 0.3) is 0 Å². The molecule has 1 aliphatic carbocycles. The van der Waals surface area contributed by atoms with Crippen molar-refractivity contribution < 1.29 is 0 Å². The summed E-state index contributed by atoms with van der Waals surface area (Å²) in [7, 11) is 0. The lowest BCUT2D eigenvalue weighted by Crippen LogP contribution is -2.46. The molecule has 0 aromatic carbocycles. The second kappa shape index (κ2) is 6.83. The van der Waals surface area contributed by atoms with Gasteiger partial charge in [-0.2, -0.15) is 0 Å². The Morgan fingerprint density at radius 1 is 1.15 bits per heavy atom. The monoisotopic (exact) mass is 295 g/mol. The van der Waals surface area contributed by atoms with Gasteiger partial charge in [0.1, 0.15) is 5.01 Å². The van der Waals surface area contributed by atoms with Crippen molar-refractivity contribution >= 4 is 16.5 Å². The molecule has 5 nitrogen and oxygen atoms in total. The zero-order valence-electron chi connectivity index (χ0n) is 12.3. The summed E-state index contributed by atoms with van der Waals surface area (Å²) in [6.07, 6.45) is 4.04. The van der Waals surface area contributed by atoms with E-state index in [1.54, 1.807) is 11.3 Å². The minimum Gasteiger partial charge on any atom is -0.360 e. The van der Waals surface area contributed by atoms with Crippen molar-refractivity contribution in [2.45, 2.75) is 32.7 Å². The summed E-state index contributed by atoms with van der Waals surface area (Å²) < 4.78 is 0. The molecule has 3 rings (SSSR count). The van der Waals surface area contributed by atoms with Crippen molar-refractivity contribution in [1.82, 2.24) is 20.0 Å². The average molecular weight is 295 g/mol. The minimum absolute atomic E-state index is 0.961. The van der Waals surface area contributed by atoms with Crippen LogP contribution in [0.5, 0.6) is 0 Å². The van der Waals surface area contributed by atoms with Crippen molar-refractivity contribution in [3.05, 3.63) is 5.01 Å². The summed E-state index contributed by atoms with van der Waals surface area (Å²) in [6, 6.07) is 0. The largest absolute Gasteiger partial charge is 0.360 e. The molecular weight excluding hydrogens is 270 g/mol. The molecule has 1 saturated carbocycles. The Morgan fingerprint density at radius 2 is 1.90 bits per heavy atom. The SMILES string of the molecule is CCCNc1nnc(CN2CCN(CC3CC3)CC2)s1. The topological polar surface area (TPSA) is 44.3 Å². The van der Waals surface area contributed by atoms with Gasteiger partial charge in [-0.15, -0.1) is 10.2 Å². The molecular formula is C14H25N5S. The van der Waals surface area contributed by atoms with E-state index in [9.17, 15) is 0 Å². The highest BCUT2D eigenvalue weighted by Gasteiger charge is 2.26. The van der Waals surface area contributed by atoms with Gasteiger partial charge in [0.15, 0.2) is 0 Å². The third kappa shape index (κ3) is 4.14. The van der Waals surface area contributed by atoms with Crippen LogP contribution in [0.3, 0.4) is 0 Å². The zero-order chi connectivity index (χ0) is 13.8. The molecule has 20 heavy (non-hydrogen) atoms. The van der Waals surface area contributed by atoms with E-state index >= 15 is 0 Å². The van der Waals surface area contributed by atoms with Crippen molar-refractivity contribution in [1.29, 1.82) is 0 Å². The number of piperazine rings is 1. The van der Waals surface area contributed by atoms with Gasteiger partial charge >= 0.3 is 0 Å². The number of rotatable bonds is 7. The predicted molar refractivity (Wildman–Crippen MR) is 83.1 cm³/mol. The maximum Gasteiger partial charge on any atom is 0.205 e. The first-order valence-electron chi connectivity index (χ1n) is 7.84. The van der Waals surface area contributed by atoms with Crippen molar-refractivity contribution in [2.75, 3.05) is 44.6 Å². The Hall–Kier alpha value is -0.720. The second-order valence-electron chi connectivity index (χ2n) is 5.95. The molecule has 0 radical (unpaired) electrons. The highest BCUT2D eigenvalue weighted by Crippen LogP contribution is 2.30. The number of hydrogen-bond donors (Lipinski definition) is 1. The van der Waals surface area contributed by atoms with Crippen LogP contribution in [0, 0.1) is 5.92 Å². The maximum absolute atomic E-state index is 4.29. The molecule has 1 N–H and O–H groups in total. The highest BCUT2D eigenvalue weighted by molar-refractivity contribution is 7.15. The van der Waals surface area contributed by atoms with Crippen LogP contribution < -0.4 is 5.32 Å². The lowest BCUT2D eigenvalue weighted by molar-refractivity contribution is 0.123. The zero-order valence-corrected chi connectivity index (χ0v) is 13.2. The lowest BCUT2D eigenvalue weighted by Gasteiger charge is -2.34. The van der Waals surface area contributed by atoms with Gasteiger partial charge in [0.05, 0.1) is 6.54 Å². The normalized spacial score (nSPS) is 21.2. The van der Waals surface area contributed by atoms with Crippen LogP contribution in [0.4, 0.5) is 5.13 Å². The van der Waals surface area contributed by atoms with Gasteiger partial charge in [-0.1, -0.05) is 18.3 Å². The first-order chi connectivity index (χ1) is 9.83. The molecule has 1 aliphatic heterocycles. The Bertz CT molecular complexity index is 409. The van der Waals surface area contributed by atoms with Crippen LogP contribution in [-0.2, 0) is 6.54 Å². The Labute approximate surface area is 125 Å². The summed E-state index contributed by atoms with van der Waals surface area (Å²) in [6.45, 7) is 10.2. The number of nitrogens with zero attached hydrogens (tertiary/aromatic N) is 4. The van der Waals surface area contributed by atoms with Gasteiger partial charge in [0, 0.05) is 39.3 Å². The van der Waals surface area contributed by atoms with E-state index in [1.807, 2.05) is 0 Å². The van der Waals surface area contributed by atoms with Crippen LogP contribution in [0.1, 0.15) is 31.2 Å². The Balaban J connectivity index is 1.40. The van der Waals surface area contributed by atoms with Gasteiger partial charge in [-0.25, -0.2) is 0 Å². The van der Waals surface area contributed by atoms with Crippen LogP contribution in [0.2, 0.25) is 0 Å². The summed E-state index contributed by atoms with van der Waals surface area (Å²) >= 11 is 1.70. The summed E-state index contributed by atoms with van der Waals surface area (Å²) in [5.74, 6) is 1.01. The molecule has 6 heteroatoms. The molecule has 0 amide bonds. The molecule has 1 aromatic rings. The maximum atomic E-state index is 4.29.